The minimum Gasteiger partial charge on any atom is -0.449 e. The topological polar surface area (TPSA) is 86.1 Å². The number of ether oxygens (including phenoxy) is 1. The molecule has 1 amide bonds. The summed E-state index contributed by atoms with van der Waals surface area (Å²) in [7, 11) is 0. The van der Waals surface area contributed by atoms with Crippen LogP contribution >= 0.6 is 0 Å². The molecule has 3 aromatic rings. The van der Waals surface area contributed by atoms with Crippen molar-refractivity contribution in [3.63, 3.8) is 0 Å². The first-order chi connectivity index (χ1) is 14.7. The van der Waals surface area contributed by atoms with Crippen LogP contribution in [0.3, 0.4) is 0 Å². The van der Waals surface area contributed by atoms with Gasteiger partial charge in [0.15, 0.2) is 11.8 Å². The number of pyridine rings is 1. The number of carbonyl (C=O) groups is 2. The van der Waals surface area contributed by atoms with E-state index in [0.29, 0.717) is 23.1 Å². The van der Waals surface area contributed by atoms with Gasteiger partial charge in [0.1, 0.15) is 0 Å². The zero-order valence-electron chi connectivity index (χ0n) is 19.0. The summed E-state index contributed by atoms with van der Waals surface area (Å²) in [4.78, 5) is 30.1. The van der Waals surface area contributed by atoms with Crippen molar-refractivity contribution >= 4 is 22.9 Å². The van der Waals surface area contributed by atoms with E-state index in [1.807, 2.05) is 58.9 Å². The van der Waals surface area contributed by atoms with E-state index in [0.717, 1.165) is 16.8 Å². The van der Waals surface area contributed by atoms with Gasteiger partial charge in [0.2, 0.25) is 0 Å². The standard InChI is InChI=1S/C24H30N4O3/c1-14(2)21-11-19(20-13-26-28(15(3)4)22(20)27-21)24(30)31-17(6)23(29)25-12-18-9-7-16(5)8-10-18/h7-11,13-15,17H,12H2,1-6H3,(H,25,29)/t17-/m1/s1. The first kappa shape index (κ1) is 22.5. The highest BCUT2D eigenvalue weighted by Gasteiger charge is 2.23. The number of fused-ring (bicyclic) bond motifs is 1. The number of rotatable bonds is 7. The quantitative estimate of drug-likeness (QED) is 0.574. The Bertz CT molecular complexity index is 1080. The summed E-state index contributed by atoms with van der Waals surface area (Å²) in [5, 5.41) is 7.83. The van der Waals surface area contributed by atoms with Crippen molar-refractivity contribution in [2.45, 2.75) is 66.2 Å². The lowest BCUT2D eigenvalue weighted by Gasteiger charge is -2.15. The Kier molecular flexibility index (Phi) is 6.73. The summed E-state index contributed by atoms with van der Waals surface area (Å²) < 4.78 is 7.29. The third kappa shape index (κ3) is 5.10. The first-order valence-electron chi connectivity index (χ1n) is 10.6. The molecule has 31 heavy (non-hydrogen) atoms. The van der Waals surface area contributed by atoms with Crippen LogP contribution in [0.5, 0.6) is 0 Å². The van der Waals surface area contributed by atoms with Crippen molar-refractivity contribution in [2.75, 3.05) is 0 Å². The van der Waals surface area contributed by atoms with Gasteiger partial charge < -0.3 is 10.1 Å². The van der Waals surface area contributed by atoms with Crippen LogP contribution in [0.25, 0.3) is 11.0 Å². The van der Waals surface area contributed by atoms with Crippen molar-refractivity contribution < 1.29 is 14.3 Å². The van der Waals surface area contributed by atoms with Crippen molar-refractivity contribution in [2.24, 2.45) is 0 Å². The van der Waals surface area contributed by atoms with Crippen LogP contribution < -0.4 is 5.32 Å². The van der Waals surface area contributed by atoms with Gasteiger partial charge in [-0.25, -0.2) is 14.5 Å². The number of hydrogen-bond acceptors (Lipinski definition) is 5. The number of nitrogens with one attached hydrogen (secondary N) is 1. The smallest absolute Gasteiger partial charge is 0.339 e. The number of carbonyl (C=O) groups excluding carboxylic acids is 2. The molecule has 0 radical (unpaired) electrons. The highest BCUT2D eigenvalue weighted by atomic mass is 16.5. The van der Waals surface area contributed by atoms with Crippen LogP contribution in [-0.2, 0) is 16.1 Å². The molecule has 0 aliphatic rings. The summed E-state index contributed by atoms with van der Waals surface area (Å²) in [6.07, 6.45) is 0.703. The van der Waals surface area contributed by atoms with E-state index in [9.17, 15) is 9.59 Å². The van der Waals surface area contributed by atoms with E-state index < -0.39 is 12.1 Å². The van der Waals surface area contributed by atoms with Crippen LogP contribution in [-0.4, -0.2) is 32.7 Å². The van der Waals surface area contributed by atoms with E-state index in [-0.39, 0.29) is 17.9 Å². The summed E-state index contributed by atoms with van der Waals surface area (Å²) >= 11 is 0. The normalized spacial score (nSPS) is 12.4. The molecule has 0 aliphatic carbocycles. The van der Waals surface area contributed by atoms with Gasteiger partial charge in [-0.05, 0) is 45.2 Å². The molecule has 0 fully saturated rings. The van der Waals surface area contributed by atoms with Crippen LogP contribution in [0.15, 0.2) is 36.5 Å². The van der Waals surface area contributed by atoms with E-state index >= 15 is 0 Å². The van der Waals surface area contributed by atoms with Crippen LogP contribution in [0.1, 0.15) is 73.8 Å². The van der Waals surface area contributed by atoms with Crippen molar-refractivity contribution in [1.29, 1.82) is 0 Å². The van der Waals surface area contributed by atoms with E-state index in [4.69, 9.17) is 9.72 Å². The van der Waals surface area contributed by atoms with Crippen molar-refractivity contribution in [1.82, 2.24) is 20.1 Å². The molecule has 7 heteroatoms. The predicted molar refractivity (Wildman–Crippen MR) is 120 cm³/mol. The van der Waals surface area contributed by atoms with Crippen LogP contribution in [0.4, 0.5) is 0 Å². The number of nitrogens with zero attached hydrogens (tertiary/aromatic N) is 3. The summed E-state index contributed by atoms with van der Waals surface area (Å²) in [5.74, 6) is -0.779. The first-order valence-corrected chi connectivity index (χ1v) is 10.6. The van der Waals surface area contributed by atoms with Gasteiger partial charge in [-0.2, -0.15) is 5.10 Å². The van der Waals surface area contributed by atoms with Crippen molar-refractivity contribution in [3.8, 4) is 0 Å². The lowest BCUT2D eigenvalue weighted by atomic mass is 10.1. The molecule has 0 unspecified atom stereocenters. The molecule has 164 valence electrons. The Labute approximate surface area is 182 Å². The third-order valence-electron chi connectivity index (χ3n) is 5.13. The Balaban J connectivity index is 1.77. The highest BCUT2D eigenvalue weighted by molar-refractivity contribution is 6.03. The Morgan fingerprint density at radius 2 is 1.77 bits per heavy atom. The van der Waals surface area contributed by atoms with Crippen LogP contribution in [0, 0.1) is 6.92 Å². The van der Waals surface area contributed by atoms with Crippen molar-refractivity contribution in [3.05, 3.63) is 58.9 Å². The molecular weight excluding hydrogens is 392 g/mol. The van der Waals surface area contributed by atoms with Gasteiger partial charge in [0.25, 0.3) is 5.91 Å². The van der Waals surface area contributed by atoms with Gasteiger partial charge in [0, 0.05) is 18.3 Å². The average molecular weight is 423 g/mol. The molecule has 7 nitrogen and oxygen atoms in total. The number of aryl methyl sites for hydroxylation is 1. The molecular formula is C24H30N4O3. The monoisotopic (exact) mass is 422 g/mol. The van der Waals surface area contributed by atoms with Crippen LogP contribution in [0.2, 0.25) is 0 Å². The lowest BCUT2D eigenvalue weighted by molar-refractivity contribution is -0.129. The molecule has 0 saturated carbocycles. The predicted octanol–water partition coefficient (Wildman–Crippen LogP) is 4.31. The van der Waals surface area contributed by atoms with Gasteiger partial charge in [-0.3, -0.25) is 4.79 Å². The fraction of sp³-hybridized carbons (Fsp3) is 0.417. The number of benzene rings is 1. The minimum absolute atomic E-state index is 0.0998. The molecule has 2 heterocycles. The van der Waals surface area contributed by atoms with E-state index in [2.05, 4.69) is 10.4 Å². The number of esters is 1. The molecule has 1 aromatic carbocycles. The summed E-state index contributed by atoms with van der Waals surface area (Å²) in [6, 6.07) is 9.73. The summed E-state index contributed by atoms with van der Waals surface area (Å²) in [6.45, 7) is 12.0. The fourth-order valence-corrected chi connectivity index (χ4v) is 3.20. The molecule has 1 N–H and O–H groups in total. The zero-order valence-corrected chi connectivity index (χ0v) is 19.0. The Morgan fingerprint density at radius 1 is 1.10 bits per heavy atom. The number of amides is 1. The maximum atomic E-state index is 13.0. The molecule has 0 spiro atoms. The van der Waals surface area contributed by atoms with Gasteiger partial charge in [-0.1, -0.05) is 43.7 Å². The molecule has 0 bridgehead atoms. The number of hydrogen-bond donors (Lipinski definition) is 1. The second-order valence-corrected chi connectivity index (χ2v) is 8.42. The Morgan fingerprint density at radius 3 is 2.39 bits per heavy atom. The number of aromatic nitrogens is 3. The van der Waals surface area contributed by atoms with Gasteiger partial charge in [-0.15, -0.1) is 0 Å². The maximum Gasteiger partial charge on any atom is 0.339 e. The summed E-state index contributed by atoms with van der Waals surface area (Å²) in [5.41, 5.74) is 3.93. The Hall–Kier alpha value is -3.22. The average Bonchev–Trinajstić information content (AvgIpc) is 3.16. The minimum atomic E-state index is -0.927. The SMILES string of the molecule is Cc1ccc(CNC(=O)[C@@H](C)OC(=O)c2cc(C(C)C)nc3c2cnn3C(C)C)cc1. The zero-order chi connectivity index (χ0) is 22.7. The maximum absolute atomic E-state index is 13.0. The fourth-order valence-electron chi connectivity index (χ4n) is 3.20. The van der Waals surface area contributed by atoms with E-state index in [1.165, 1.54) is 0 Å². The largest absolute Gasteiger partial charge is 0.449 e. The molecule has 0 aliphatic heterocycles. The molecule has 2 aromatic heterocycles. The third-order valence-corrected chi connectivity index (χ3v) is 5.13. The van der Waals surface area contributed by atoms with Gasteiger partial charge >= 0.3 is 5.97 Å². The molecule has 1 atom stereocenters. The highest BCUT2D eigenvalue weighted by Crippen LogP contribution is 2.25. The molecule has 0 saturated heterocycles. The second kappa shape index (κ2) is 9.29. The van der Waals surface area contributed by atoms with E-state index in [1.54, 1.807) is 23.9 Å². The van der Waals surface area contributed by atoms with Gasteiger partial charge in [0.05, 0.1) is 17.1 Å². The molecule has 3 rings (SSSR count). The lowest BCUT2D eigenvalue weighted by Crippen LogP contribution is -2.35. The second-order valence-electron chi connectivity index (χ2n) is 8.42.